The van der Waals surface area contributed by atoms with Crippen molar-refractivity contribution in [3.05, 3.63) is 30.5 Å². The fraction of sp³-hybridized carbons (Fsp3) is 0.417. The molecule has 0 unspecified atom stereocenters. The maximum absolute atomic E-state index is 6.01. The SMILES string of the molecule is C=CCN(c1nccc(C)c1N)C(C)C. The van der Waals surface area contributed by atoms with E-state index < -0.39 is 0 Å². The van der Waals surface area contributed by atoms with Gasteiger partial charge in [0.2, 0.25) is 0 Å². The normalized spacial score (nSPS) is 10.4. The largest absolute Gasteiger partial charge is 0.396 e. The van der Waals surface area contributed by atoms with Gasteiger partial charge in [-0.2, -0.15) is 0 Å². The molecule has 1 aromatic rings. The molecule has 0 aromatic carbocycles. The second-order valence-electron chi connectivity index (χ2n) is 3.90. The van der Waals surface area contributed by atoms with Gasteiger partial charge in [-0.1, -0.05) is 6.08 Å². The second kappa shape index (κ2) is 4.82. The van der Waals surface area contributed by atoms with Gasteiger partial charge in [0, 0.05) is 18.8 Å². The van der Waals surface area contributed by atoms with E-state index in [1.165, 1.54) is 0 Å². The molecule has 0 aliphatic carbocycles. The molecule has 0 amide bonds. The maximum Gasteiger partial charge on any atom is 0.152 e. The van der Waals surface area contributed by atoms with Crippen molar-refractivity contribution in [2.24, 2.45) is 0 Å². The van der Waals surface area contributed by atoms with Gasteiger partial charge in [0.25, 0.3) is 0 Å². The van der Waals surface area contributed by atoms with Crippen molar-refractivity contribution in [3.8, 4) is 0 Å². The van der Waals surface area contributed by atoms with Crippen molar-refractivity contribution in [1.82, 2.24) is 4.98 Å². The first-order chi connectivity index (χ1) is 7.07. The number of aryl methyl sites for hydroxylation is 1. The number of hydrogen-bond acceptors (Lipinski definition) is 3. The number of aromatic nitrogens is 1. The first-order valence-corrected chi connectivity index (χ1v) is 5.16. The van der Waals surface area contributed by atoms with Crippen molar-refractivity contribution in [2.75, 3.05) is 17.2 Å². The standard InChI is InChI=1S/C12H19N3/c1-5-8-15(9(2)3)12-11(13)10(4)6-7-14-12/h5-7,9H,1,8,13H2,2-4H3. The third-order valence-electron chi connectivity index (χ3n) is 2.41. The first kappa shape index (κ1) is 11.6. The van der Waals surface area contributed by atoms with Gasteiger partial charge in [-0.3, -0.25) is 0 Å². The molecule has 0 atom stereocenters. The summed E-state index contributed by atoms with van der Waals surface area (Å²) >= 11 is 0. The number of pyridine rings is 1. The molecule has 1 heterocycles. The molecule has 3 nitrogen and oxygen atoms in total. The number of rotatable bonds is 4. The van der Waals surface area contributed by atoms with Crippen LogP contribution >= 0.6 is 0 Å². The summed E-state index contributed by atoms with van der Waals surface area (Å²) in [5, 5.41) is 0. The van der Waals surface area contributed by atoms with Crippen LogP contribution in [0.15, 0.2) is 24.9 Å². The van der Waals surface area contributed by atoms with E-state index in [0.717, 1.165) is 23.6 Å². The number of nitrogens with two attached hydrogens (primary N) is 1. The molecule has 82 valence electrons. The summed E-state index contributed by atoms with van der Waals surface area (Å²) in [4.78, 5) is 6.47. The molecule has 0 aliphatic rings. The van der Waals surface area contributed by atoms with E-state index in [1.807, 2.05) is 19.1 Å². The third kappa shape index (κ3) is 2.49. The van der Waals surface area contributed by atoms with Crippen LogP contribution in [0.4, 0.5) is 11.5 Å². The first-order valence-electron chi connectivity index (χ1n) is 5.16. The van der Waals surface area contributed by atoms with Crippen LogP contribution in [0.1, 0.15) is 19.4 Å². The highest BCUT2D eigenvalue weighted by atomic mass is 15.2. The topological polar surface area (TPSA) is 42.2 Å². The lowest BCUT2D eigenvalue weighted by atomic mass is 10.2. The van der Waals surface area contributed by atoms with Crippen LogP contribution in [0.25, 0.3) is 0 Å². The van der Waals surface area contributed by atoms with Crippen LogP contribution in [-0.2, 0) is 0 Å². The Morgan fingerprint density at radius 2 is 2.27 bits per heavy atom. The minimum Gasteiger partial charge on any atom is -0.396 e. The zero-order chi connectivity index (χ0) is 11.4. The number of nitrogen functional groups attached to an aromatic ring is 1. The Balaban J connectivity index is 3.10. The highest BCUT2D eigenvalue weighted by Gasteiger charge is 2.13. The van der Waals surface area contributed by atoms with Crippen LogP contribution in [-0.4, -0.2) is 17.6 Å². The van der Waals surface area contributed by atoms with Crippen molar-refractivity contribution in [2.45, 2.75) is 26.8 Å². The molecule has 0 bridgehead atoms. The van der Waals surface area contributed by atoms with Crippen LogP contribution in [0.3, 0.4) is 0 Å². The summed E-state index contributed by atoms with van der Waals surface area (Å²) in [5.74, 6) is 0.852. The molecule has 0 spiro atoms. The molecular weight excluding hydrogens is 186 g/mol. The molecule has 0 radical (unpaired) electrons. The Morgan fingerprint density at radius 1 is 1.60 bits per heavy atom. The maximum atomic E-state index is 6.01. The van der Waals surface area contributed by atoms with E-state index in [1.54, 1.807) is 6.20 Å². The van der Waals surface area contributed by atoms with E-state index in [4.69, 9.17) is 5.73 Å². The lowest BCUT2D eigenvalue weighted by Crippen LogP contribution is -2.32. The molecule has 0 saturated heterocycles. The predicted molar refractivity (Wildman–Crippen MR) is 66.1 cm³/mol. The molecule has 2 N–H and O–H groups in total. The summed E-state index contributed by atoms with van der Waals surface area (Å²) in [7, 11) is 0. The fourth-order valence-electron chi connectivity index (χ4n) is 1.47. The zero-order valence-electron chi connectivity index (χ0n) is 9.70. The van der Waals surface area contributed by atoms with E-state index in [0.29, 0.717) is 6.04 Å². The average Bonchev–Trinajstić information content (AvgIpc) is 2.19. The van der Waals surface area contributed by atoms with E-state index in [9.17, 15) is 0 Å². The van der Waals surface area contributed by atoms with Crippen molar-refractivity contribution >= 4 is 11.5 Å². The molecule has 1 rings (SSSR count). The number of anilines is 2. The minimum atomic E-state index is 0.361. The van der Waals surface area contributed by atoms with Crippen LogP contribution in [0.2, 0.25) is 0 Å². The number of nitrogens with zero attached hydrogens (tertiary/aromatic N) is 2. The second-order valence-corrected chi connectivity index (χ2v) is 3.90. The Morgan fingerprint density at radius 3 is 2.80 bits per heavy atom. The van der Waals surface area contributed by atoms with Crippen molar-refractivity contribution in [1.29, 1.82) is 0 Å². The number of hydrogen-bond donors (Lipinski definition) is 1. The Hall–Kier alpha value is -1.51. The molecule has 1 aromatic heterocycles. The molecule has 3 heteroatoms. The highest BCUT2D eigenvalue weighted by Crippen LogP contribution is 2.24. The molecule has 15 heavy (non-hydrogen) atoms. The summed E-state index contributed by atoms with van der Waals surface area (Å²) in [6.45, 7) is 10.7. The van der Waals surface area contributed by atoms with E-state index in [-0.39, 0.29) is 0 Å². The Labute approximate surface area is 91.6 Å². The van der Waals surface area contributed by atoms with Crippen molar-refractivity contribution < 1.29 is 0 Å². The van der Waals surface area contributed by atoms with Crippen LogP contribution < -0.4 is 10.6 Å². The molecule has 0 fully saturated rings. The monoisotopic (exact) mass is 205 g/mol. The summed E-state index contributed by atoms with van der Waals surface area (Å²) in [6.07, 6.45) is 3.66. The smallest absolute Gasteiger partial charge is 0.152 e. The van der Waals surface area contributed by atoms with Gasteiger partial charge < -0.3 is 10.6 Å². The van der Waals surface area contributed by atoms with E-state index >= 15 is 0 Å². The van der Waals surface area contributed by atoms with Gasteiger partial charge in [0.15, 0.2) is 5.82 Å². The molecule has 0 saturated carbocycles. The zero-order valence-corrected chi connectivity index (χ0v) is 9.70. The van der Waals surface area contributed by atoms with Gasteiger partial charge in [-0.15, -0.1) is 6.58 Å². The van der Waals surface area contributed by atoms with Gasteiger partial charge in [-0.05, 0) is 32.4 Å². The lowest BCUT2D eigenvalue weighted by molar-refractivity contribution is 0.713. The molecule has 0 aliphatic heterocycles. The van der Waals surface area contributed by atoms with Gasteiger partial charge >= 0.3 is 0 Å². The van der Waals surface area contributed by atoms with Crippen molar-refractivity contribution in [3.63, 3.8) is 0 Å². The summed E-state index contributed by atoms with van der Waals surface area (Å²) in [6, 6.07) is 2.28. The predicted octanol–water partition coefficient (Wildman–Crippen LogP) is 2.37. The minimum absolute atomic E-state index is 0.361. The summed E-state index contributed by atoms with van der Waals surface area (Å²) < 4.78 is 0. The third-order valence-corrected chi connectivity index (χ3v) is 2.41. The van der Waals surface area contributed by atoms with E-state index in [2.05, 4.69) is 30.3 Å². The molecular formula is C12H19N3. The van der Waals surface area contributed by atoms with Gasteiger partial charge in [0.05, 0.1) is 5.69 Å². The van der Waals surface area contributed by atoms with Gasteiger partial charge in [0.1, 0.15) is 0 Å². The van der Waals surface area contributed by atoms with Crippen LogP contribution in [0, 0.1) is 6.92 Å². The highest BCUT2D eigenvalue weighted by molar-refractivity contribution is 5.66. The van der Waals surface area contributed by atoms with Gasteiger partial charge in [-0.25, -0.2) is 4.98 Å². The Bertz CT molecular complexity index is 345. The quantitative estimate of drug-likeness (QED) is 0.767. The lowest BCUT2D eigenvalue weighted by Gasteiger charge is -2.28. The fourth-order valence-corrected chi connectivity index (χ4v) is 1.47. The summed E-state index contributed by atoms with van der Waals surface area (Å²) in [5.41, 5.74) is 7.84. The average molecular weight is 205 g/mol. The Kier molecular flexibility index (Phi) is 3.72. The van der Waals surface area contributed by atoms with Crippen LogP contribution in [0.5, 0.6) is 0 Å².